The van der Waals surface area contributed by atoms with Crippen molar-refractivity contribution >= 4 is 27.2 Å². The maximum absolute atomic E-state index is 11.0. The highest BCUT2D eigenvalue weighted by atomic mass is 32.2. The summed E-state index contributed by atoms with van der Waals surface area (Å²) >= 11 is 4.88. The molecule has 0 spiro atoms. The van der Waals surface area contributed by atoms with Crippen LogP contribution in [0.2, 0.25) is 0 Å². The molecule has 1 aliphatic rings. The van der Waals surface area contributed by atoms with Crippen molar-refractivity contribution in [3.63, 3.8) is 0 Å². The number of nitrogens with one attached hydrogen (secondary N) is 1. The first-order chi connectivity index (χ1) is 6.39. The molecule has 1 aliphatic heterocycles. The van der Waals surface area contributed by atoms with Crippen LogP contribution in [0.25, 0.3) is 0 Å². The van der Waals surface area contributed by atoms with Crippen LogP contribution < -0.4 is 5.32 Å². The zero-order valence-electron chi connectivity index (χ0n) is 8.06. The van der Waals surface area contributed by atoms with Gasteiger partial charge in [0.25, 0.3) is 5.17 Å². The van der Waals surface area contributed by atoms with Crippen molar-refractivity contribution in [3.05, 3.63) is 11.5 Å². The molecule has 0 radical (unpaired) electrons. The van der Waals surface area contributed by atoms with Crippen LogP contribution in [-0.4, -0.2) is 31.5 Å². The zero-order chi connectivity index (χ0) is 10.8. The lowest BCUT2D eigenvalue weighted by Crippen LogP contribution is -2.36. The van der Waals surface area contributed by atoms with E-state index in [1.54, 1.807) is 6.08 Å². The van der Waals surface area contributed by atoms with Gasteiger partial charge in [-0.3, -0.25) is 0 Å². The molecular formula is C8H13NO3S2. The highest BCUT2D eigenvalue weighted by molar-refractivity contribution is 7.94. The Morgan fingerprint density at radius 3 is 2.71 bits per heavy atom. The van der Waals surface area contributed by atoms with E-state index < -0.39 is 9.84 Å². The fraction of sp³-hybridized carbons (Fsp3) is 0.625. The SMILES string of the molecule is CC(C)OC(=S)NC1C=CS(=O)(=O)C1. The molecule has 1 N–H and O–H groups in total. The quantitative estimate of drug-likeness (QED) is 0.710. The summed E-state index contributed by atoms with van der Waals surface area (Å²) in [5.74, 6) is 0.0502. The fourth-order valence-corrected chi connectivity index (χ4v) is 2.64. The van der Waals surface area contributed by atoms with Gasteiger partial charge in [-0.05, 0) is 32.1 Å². The summed E-state index contributed by atoms with van der Waals surface area (Å²) in [6.07, 6.45) is 1.57. The largest absolute Gasteiger partial charge is 0.468 e. The van der Waals surface area contributed by atoms with E-state index in [1.807, 2.05) is 13.8 Å². The van der Waals surface area contributed by atoms with Crippen LogP contribution in [0.5, 0.6) is 0 Å². The molecule has 80 valence electrons. The van der Waals surface area contributed by atoms with Gasteiger partial charge >= 0.3 is 0 Å². The molecule has 0 fully saturated rings. The van der Waals surface area contributed by atoms with E-state index in [4.69, 9.17) is 17.0 Å². The third-order valence-corrected chi connectivity index (χ3v) is 3.19. The van der Waals surface area contributed by atoms with Gasteiger partial charge in [-0.1, -0.05) is 0 Å². The van der Waals surface area contributed by atoms with Crippen molar-refractivity contribution in [3.8, 4) is 0 Å². The average Bonchev–Trinajstić information content (AvgIpc) is 2.27. The summed E-state index contributed by atoms with van der Waals surface area (Å²) in [6.45, 7) is 3.71. The Labute approximate surface area is 89.2 Å². The van der Waals surface area contributed by atoms with Crippen LogP contribution in [0.3, 0.4) is 0 Å². The highest BCUT2D eigenvalue weighted by Gasteiger charge is 2.22. The Balaban J connectivity index is 2.41. The summed E-state index contributed by atoms with van der Waals surface area (Å²) < 4.78 is 27.2. The molecule has 0 saturated carbocycles. The number of rotatable bonds is 2. The second-order valence-electron chi connectivity index (χ2n) is 3.36. The topological polar surface area (TPSA) is 55.4 Å². The van der Waals surface area contributed by atoms with E-state index in [0.29, 0.717) is 0 Å². The Kier molecular flexibility index (Phi) is 3.49. The monoisotopic (exact) mass is 235 g/mol. The molecule has 0 saturated heterocycles. The number of sulfone groups is 1. The average molecular weight is 235 g/mol. The number of hydrogen-bond donors (Lipinski definition) is 1. The molecule has 14 heavy (non-hydrogen) atoms. The molecule has 0 aromatic rings. The van der Waals surface area contributed by atoms with Gasteiger partial charge in [-0.2, -0.15) is 0 Å². The molecule has 0 amide bonds. The second-order valence-corrected chi connectivity index (χ2v) is 5.66. The standard InChI is InChI=1S/C8H13NO3S2/c1-6(2)12-8(13)9-7-3-4-14(10,11)5-7/h3-4,6-7H,5H2,1-2H3,(H,9,13). The Bertz CT molecular complexity index is 346. The minimum absolute atomic E-state index is 0.00279. The molecule has 1 unspecified atom stereocenters. The van der Waals surface area contributed by atoms with Gasteiger partial charge in [0.1, 0.15) is 0 Å². The van der Waals surface area contributed by atoms with Crippen LogP contribution in [0, 0.1) is 0 Å². The van der Waals surface area contributed by atoms with Gasteiger partial charge in [0.05, 0.1) is 17.9 Å². The lowest BCUT2D eigenvalue weighted by molar-refractivity contribution is 0.223. The summed E-state index contributed by atoms with van der Waals surface area (Å²) in [5, 5.41) is 4.25. The maximum atomic E-state index is 11.0. The van der Waals surface area contributed by atoms with Gasteiger partial charge in [0, 0.05) is 5.41 Å². The predicted molar refractivity (Wildman–Crippen MR) is 58.7 cm³/mol. The summed E-state index contributed by atoms with van der Waals surface area (Å²) in [4.78, 5) is 0. The van der Waals surface area contributed by atoms with E-state index in [9.17, 15) is 8.42 Å². The lowest BCUT2D eigenvalue weighted by atomic mass is 10.3. The van der Waals surface area contributed by atoms with E-state index in [0.717, 1.165) is 0 Å². The highest BCUT2D eigenvalue weighted by Crippen LogP contribution is 2.08. The molecule has 0 aliphatic carbocycles. The van der Waals surface area contributed by atoms with Crippen molar-refractivity contribution in [2.75, 3.05) is 5.75 Å². The summed E-state index contributed by atoms with van der Waals surface area (Å²) in [5.41, 5.74) is 0. The molecule has 1 rings (SSSR count). The fourth-order valence-electron chi connectivity index (χ4n) is 1.07. The van der Waals surface area contributed by atoms with Crippen LogP contribution in [0.4, 0.5) is 0 Å². The smallest absolute Gasteiger partial charge is 0.257 e. The van der Waals surface area contributed by atoms with Crippen LogP contribution in [0.15, 0.2) is 11.5 Å². The van der Waals surface area contributed by atoms with Crippen molar-refractivity contribution in [2.24, 2.45) is 0 Å². The van der Waals surface area contributed by atoms with Gasteiger partial charge in [0.2, 0.25) is 0 Å². The van der Waals surface area contributed by atoms with Crippen molar-refractivity contribution in [1.29, 1.82) is 0 Å². The van der Waals surface area contributed by atoms with Crippen LogP contribution >= 0.6 is 12.2 Å². The first-order valence-electron chi connectivity index (χ1n) is 4.27. The molecular weight excluding hydrogens is 222 g/mol. The Morgan fingerprint density at radius 2 is 2.29 bits per heavy atom. The molecule has 4 nitrogen and oxygen atoms in total. The second kappa shape index (κ2) is 4.27. The van der Waals surface area contributed by atoms with Crippen molar-refractivity contribution in [1.82, 2.24) is 5.32 Å². The number of thiocarbonyl (C=S) groups is 1. The van der Waals surface area contributed by atoms with Crippen molar-refractivity contribution < 1.29 is 13.2 Å². The van der Waals surface area contributed by atoms with Gasteiger partial charge in [0.15, 0.2) is 9.84 Å². The first kappa shape index (κ1) is 11.5. The minimum Gasteiger partial charge on any atom is -0.468 e. The molecule has 0 bridgehead atoms. The third-order valence-electron chi connectivity index (χ3n) is 1.58. The van der Waals surface area contributed by atoms with Gasteiger partial charge in [-0.25, -0.2) is 8.42 Å². The molecule has 0 aromatic heterocycles. The van der Waals surface area contributed by atoms with Crippen LogP contribution in [0.1, 0.15) is 13.8 Å². The summed E-state index contributed by atoms with van der Waals surface area (Å²) in [7, 11) is -3.03. The third kappa shape index (κ3) is 3.63. The van der Waals surface area contributed by atoms with Gasteiger partial charge < -0.3 is 10.1 Å². The zero-order valence-corrected chi connectivity index (χ0v) is 9.69. The number of ether oxygens (including phenoxy) is 1. The Hall–Kier alpha value is -0.620. The van der Waals surface area contributed by atoms with Crippen LogP contribution in [-0.2, 0) is 14.6 Å². The van der Waals surface area contributed by atoms with Crippen molar-refractivity contribution in [2.45, 2.75) is 26.0 Å². The van der Waals surface area contributed by atoms with E-state index >= 15 is 0 Å². The molecule has 1 heterocycles. The molecule has 0 aromatic carbocycles. The lowest BCUT2D eigenvalue weighted by Gasteiger charge is -2.15. The number of hydrogen-bond acceptors (Lipinski definition) is 4. The Morgan fingerprint density at radius 1 is 1.64 bits per heavy atom. The van der Waals surface area contributed by atoms with E-state index in [-0.39, 0.29) is 23.1 Å². The molecule has 1 atom stereocenters. The first-order valence-corrected chi connectivity index (χ1v) is 6.39. The molecule has 6 heteroatoms. The predicted octanol–water partition coefficient (Wildman–Crippen LogP) is 0.597. The normalized spacial score (nSPS) is 23.8. The minimum atomic E-state index is -3.03. The van der Waals surface area contributed by atoms with E-state index in [2.05, 4.69) is 5.32 Å². The van der Waals surface area contributed by atoms with Gasteiger partial charge in [-0.15, -0.1) is 0 Å². The van der Waals surface area contributed by atoms with E-state index in [1.165, 1.54) is 5.41 Å². The summed E-state index contributed by atoms with van der Waals surface area (Å²) in [6, 6.07) is -0.258. The maximum Gasteiger partial charge on any atom is 0.257 e.